The molecule has 1 atom stereocenters. The van der Waals surface area contributed by atoms with Crippen molar-refractivity contribution in [1.29, 1.82) is 0 Å². The highest BCUT2D eigenvalue weighted by Crippen LogP contribution is 2.30. The minimum absolute atomic E-state index is 0.0805. The minimum atomic E-state index is 0.0805. The van der Waals surface area contributed by atoms with Crippen LogP contribution in [0.25, 0.3) is 5.69 Å². The van der Waals surface area contributed by atoms with Gasteiger partial charge < -0.3 is 5.32 Å². The molecule has 1 saturated heterocycles. The second-order valence-electron chi connectivity index (χ2n) is 5.23. The monoisotopic (exact) mass is 242 g/mol. The molecule has 0 spiro atoms. The van der Waals surface area contributed by atoms with E-state index < -0.39 is 0 Å². The number of nitrogens with one attached hydrogen (secondary N) is 1. The van der Waals surface area contributed by atoms with E-state index in [0.29, 0.717) is 0 Å². The molecule has 0 saturated carbocycles. The number of aromatic nitrogens is 3. The molecule has 1 aromatic carbocycles. The average Bonchev–Trinajstić information content (AvgIpc) is 2.98. The Morgan fingerprint density at radius 2 is 2.00 bits per heavy atom. The van der Waals surface area contributed by atoms with Gasteiger partial charge in [-0.05, 0) is 32.0 Å². The second kappa shape index (κ2) is 4.21. The topological polar surface area (TPSA) is 42.7 Å². The normalized spacial score (nSPS) is 23.4. The Morgan fingerprint density at radius 3 is 2.67 bits per heavy atom. The first-order chi connectivity index (χ1) is 8.71. The first kappa shape index (κ1) is 11.4. The molecular weight excluding hydrogens is 224 g/mol. The zero-order valence-corrected chi connectivity index (χ0v) is 10.8. The number of benzene rings is 1. The van der Waals surface area contributed by atoms with Gasteiger partial charge in [0.15, 0.2) is 0 Å². The van der Waals surface area contributed by atoms with Crippen molar-refractivity contribution in [2.45, 2.75) is 25.7 Å². The lowest BCUT2D eigenvalue weighted by Gasteiger charge is -2.22. The molecule has 1 aromatic heterocycles. The van der Waals surface area contributed by atoms with E-state index in [2.05, 4.69) is 39.1 Å². The van der Waals surface area contributed by atoms with Crippen LogP contribution < -0.4 is 5.32 Å². The summed E-state index contributed by atoms with van der Waals surface area (Å²) in [5.74, 6) is 2.01. The summed E-state index contributed by atoms with van der Waals surface area (Å²) in [7, 11) is 0. The molecule has 4 heteroatoms. The lowest BCUT2D eigenvalue weighted by atomic mass is 9.88. The van der Waals surface area contributed by atoms with Crippen molar-refractivity contribution in [2.24, 2.45) is 0 Å². The lowest BCUT2D eigenvalue weighted by molar-refractivity contribution is 0.479. The third-order valence-electron chi connectivity index (χ3n) is 3.75. The van der Waals surface area contributed by atoms with Crippen LogP contribution in [-0.2, 0) is 5.41 Å². The first-order valence-corrected chi connectivity index (χ1v) is 6.39. The van der Waals surface area contributed by atoms with Crippen molar-refractivity contribution < 1.29 is 0 Å². The largest absolute Gasteiger partial charge is 0.316 e. The van der Waals surface area contributed by atoms with Crippen LogP contribution in [-0.4, -0.2) is 27.9 Å². The Balaban J connectivity index is 2.12. The highest BCUT2D eigenvalue weighted by molar-refractivity contribution is 5.35. The van der Waals surface area contributed by atoms with E-state index in [4.69, 9.17) is 0 Å². The van der Waals surface area contributed by atoms with Crippen LogP contribution in [0.2, 0.25) is 0 Å². The SMILES string of the molecule is Cc1nnc(C2(C)CCNC2)n1-c1ccccc1. The number of aryl methyl sites for hydroxylation is 1. The van der Waals surface area contributed by atoms with Crippen LogP contribution in [0.15, 0.2) is 30.3 Å². The number of nitrogens with zero attached hydrogens (tertiary/aromatic N) is 3. The van der Waals surface area contributed by atoms with Gasteiger partial charge in [-0.1, -0.05) is 25.1 Å². The van der Waals surface area contributed by atoms with Gasteiger partial charge in [-0.25, -0.2) is 0 Å². The van der Waals surface area contributed by atoms with Gasteiger partial charge in [-0.2, -0.15) is 0 Å². The molecule has 0 radical (unpaired) electrons. The summed E-state index contributed by atoms with van der Waals surface area (Å²) >= 11 is 0. The summed E-state index contributed by atoms with van der Waals surface area (Å²) in [5.41, 5.74) is 1.22. The summed E-state index contributed by atoms with van der Waals surface area (Å²) in [6.45, 7) is 6.29. The number of hydrogen-bond acceptors (Lipinski definition) is 3. The van der Waals surface area contributed by atoms with Gasteiger partial charge in [0.05, 0.1) is 0 Å². The van der Waals surface area contributed by atoms with Gasteiger partial charge >= 0.3 is 0 Å². The highest BCUT2D eigenvalue weighted by Gasteiger charge is 2.36. The summed E-state index contributed by atoms with van der Waals surface area (Å²) < 4.78 is 2.17. The fourth-order valence-electron chi connectivity index (χ4n) is 2.65. The Kier molecular flexibility index (Phi) is 2.67. The second-order valence-corrected chi connectivity index (χ2v) is 5.23. The predicted molar refractivity (Wildman–Crippen MR) is 70.9 cm³/mol. The van der Waals surface area contributed by atoms with Crippen molar-refractivity contribution in [2.75, 3.05) is 13.1 Å². The predicted octanol–water partition coefficient (Wildman–Crippen LogP) is 1.83. The summed E-state index contributed by atoms with van der Waals surface area (Å²) in [4.78, 5) is 0. The van der Waals surface area contributed by atoms with E-state index in [1.54, 1.807) is 0 Å². The summed E-state index contributed by atoms with van der Waals surface area (Å²) in [6, 6.07) is 10.3. The number of para-hydroxylation sites is 1. The molecular formula is C14H18N4. The Hall–Kier alpha value is -1.68. The van der Waals surface area contributed by atoms with Gasteiger partial charge in [0.1, 0.15) is 11.6 Å². The Bertz CT molecular complexity index is 538. The zero-order chi connectivity index (χ0) is 12.6. The molecule has 0 amide bonds. The molecule has 1 unspecified atom stereocenters. The quantitative estimate of drug-likeness (QED) is 0.873. The van der Waals surface area contributed by atoms with Gasteiger partial charge in [0.2, 0.25) is 0 Å². The molecule has 0 bridgehead atoms. The van der Waals surface area contributed by atoms with Crippen LogP contribution in [0.4, 0.5) is 0 Å². The summed E-state index contributed by atoms with van der Waals surface area (Å²) in [6.07, 6.45) is 1.11. The first-order valence-electron chi connectivity index (χ1n) is 6.39. The molecule has 2 heterocycles. The fraction of sp³-hybridized carbons (Fsp3) is 0.429. The maximum atomic E-state index is 4.42. The minimum Gasteiger partial charge on any atom is -0.316 e. The molecule has 3 rings (SSSR count). The highest BCUT2D eigenvalue weighted by atomic mass is 15.3. The molecule has 94 valence electrons. The van der Waals surface area contributed by atoms with Crippen LogP contribution in [0.3, 0.4) is 0 Å². The maximum Gasteiger partial charge on any atom is 0.144 e. The number of rotatable bonds is 2. The molecule has 1 N–H and O–H groups in total. The Morgan fingerprint density at radius 1 is 1.22 bits per heavy atom. The summed E-state index contributed by atoms with van der Waals surface area (Å²) in [5, 5.41) is 12.1. The lowest BCUT2D eigenvalue weighted by Crippen LogP contribution is -2.29. The van der Waals surface area contributed by atoms with Crippen LogP contribution in [0, 0.1) is 6.92 Å². The molecule has 1 aliphatic heterocycles. The van der Waals surface area contributed by atoms with Crippen molar-refractivity contribution in [3.63, 3.8) is 0 Å². The van der Waals surface area contributed by atoms with Gasteiger partial charge in [0, 0.05) is 17.6 Å². The van der Waals surface area contributed by atoms with Crippen LogP contribution in [0.5, 0.6) is 0 Å². The molecule has 4 nitrogen and oxygen atoms in total. The smallest absolute Gasteiger partial charge is 0.144 e. The molecule has 0 aliphatic carbocycles. The molecule has 18 heavy (non-hydrogen) atoms. The van der Waals surface area contributed by atoms with Crippen molar-refractivity contribution >= 4 is 0 Å². The average molecular weight is 242 g/mol. The van der Waals surface area contributed by atoms with E-state index in [1.807, 2.05) is 25.1 Å². The van der Waals surface area contributed by atoms with Crippen molar-refractivity contribution in [3.05, 3.63) is 42.0 Å². The molecule has 1 fully saturated rings. The van der Waals surface area contributed by atoms with Crippen molar-refractivity contribution in [1.82, 2.24) is 20.1 Å². The van der Waals surface area contributed by atoms with E-state index in [1.165, 1.54) is 0 Å². The third kappa shape index (κ3) is 1.73. The Labute approximate surface area is 107 Å². The van der Waals surface area contributed by atoms with E-state index in [0.717, 1.165) is 36.8 Å². The standard InChI is InChI=1S/C14H18N4/c1-11-16-17-13(14(2)8-9-15-10-14)18(11)12-6-4-3-5-7-12/h3-7,15H,8-10H2,1-2H3. The van der Waals surface area contributed by atoms with E-state index >= 15 is 0 Å². The third-order valence-corrected chi connectivity index (χ3v) is 3.75. The molecule has 2 aromatic rings. The zero-order valence-electron chi connectivity index (χ0n) is 10.8. The van der Waals surface area contributed by atoms with Crippen LogP contribution in [0.1, 0.15) is 25.0 Å². The number of hydrogen-bond donors (Lipinski definition) is 1. The van der Waals surface area contributed by atoms with Crippen molar-refractivity contribution in [3.8, 4) is 5.69 Å². The van der Waals surface area contributed by atoms with E-state index in [9.17, 15) is 0 Å². The fourth-order valence-corrected chi connectivity index (χ4v) is 2.65. The molecule has 1 aliphatic rings. The van der Waals surface area contributed by atoms with Crippen LogP contribution >= 0.6 is 0 Å². The van der Waals surface area contributed by atoms with Gasteiger partial charge in [-0.15, -0.1) is 10.2 Å². The van der Waals surface area contributed by atoms with Gasteiger partial charge in [-0.3, -0.25) is 4.57 Å². The van der Waals surface area contributed by atoms with E-state index in [-0.39, 0.29) is 5.41 Å². The van der Waals surface area contributed by atoms with Gasteiger partial charge in [0.25, 0.3) is 0 Å². The maximum absolute atomic E-state index is 4.42.